The molecule has 2 aromatic carbocycles. The molecule has 0 fully saturated rings. The number of carbonyl (C=O) groups is 2. The van der Waals surface area contributed by atoms with Gasteiger partial charge in [-0.3, -0.25) is 9.59 Å². The zero-order chi connectivity index (χ0) is 30.0. The lowest BCUT2D eigenvalue weighted by molar-refractivity contribution is -0.120. The van der Waals surface area contributed by atoms with Crippen molar-refractivity contribution in [3.63, 3.8) is 0 Å². The molecule has 1 unspecified atom stereocenters. The molecule has 5 N–H and O–H groups in total. The molecule has 0 radical (unpaired) electrons. The minimum absolute atomic E-state index is 0.00478. The molecule has 1 atom stereocenters. The summed E-state index contributed by atoms with van der Waals surface area (Å²) < 4.78 is 18.0. The Morgan fingerprint density at radius 3 is 2.62 bits per heavy atom. The van der Waals surface area contributed by atoms with Crippen LogP contribution in [-0.4, -0.2) is 51.7 Å². The number of hydrogen-bond acceptors (Lipinski definition) is 10. The molecule has 0 aliphatic carbocycles. The summed E-state index contributed by atoms with van der Waals surface area (Å²) in [5, 5.41) is 9.74. The van der Waals surface area contributed by atoms with E-state index in [9.17, 15) is 19.5 Å². The summed E-state index contributed by atoms with van der Waals surface area (Å²) >= 11 is 0. The molecule has 212 valence electrons. The average Bonchev–Trinajstić information content (AvgIpc) is 3.38. The Morgan fingerprint density at radius 1 is 1.14 bits per heavy atom. The normalized spacial score (nSPS) is 13.9. The van der Waals surface area contributed by atoms with Gasteiger partial charge in [-0.05, 0) is 35.9 Å². The van der Waals surface area contributed by atoms with Crippen molar-refractivity contribution in [2.45, 2.75) is 19.1 Å². The first kappa shape index (κ1) is 27.7. The largest absolute Gasteiger partial charge is 0.493 e. The van der Waals surface area contributed by atoms with Crippen molar-refractivity contribution in [1.29, 1.82) is 0 Å². The number of carbonyl (C=O) groups excluding carboxylic acids is 1. The third-order valence-electron chi connectivity index (χ3n) is 6.66. The first-order chi connectivity index (χ1) is 20.2. The van der Waals surface area contributed by atoms with Crippen molar-refractivity contribution in [2.75, 3.05) is 25.7 Å². The standard InChI is InChI=1S/C30H25N5O7/c1-40-24-12-17(10-19-13-33-30(32)34-28(19)31)9-18(27(24)41-2)5-3-16-4-6-20-22(11-16)35(14-21(26(20)37)29(38)39)15-25-23(36)7-8-42-25/h4,6-9,11-14,25H,10,15H2,1-2H3,(H,38,39)(H4,31,32,33,34). The molecule has 12 heteroatoms. The smallest absolute Gasteiger partial charge is 0.341 e. The molecular formula is C30H25N5O7. The molecular weight excluding hydrogens is 542 g/mol. The van der Waals surface area contributed by atoms with Gasteiger partial charge in [0.1, 0.15) is 11.4 Å². The number of nitrogen functional groups attached to an aromatic ring is 2. The number of rotatable bonds is 7. The molecule has 0 spiro atoms. The van der Waals surface area contributed by atoms with E-state index < -0.39 is 23.1 Å². The van der Waals surface area contributed by atoms with Gasteiger partial charge in [-0.15, -0.1) is 0 Å². The summed E-state index contributed by atoms with van der Waals surface area (Å²) in [7, 11) is 3.02. The van der Waals surface area contributed by atoms with Gasteiger partial charge in [0.2, 0.25) is 17.2 Å². The van der Waals surface area contributed by atoms with Crippen LogP contribution in [0.3, 0.4) is 0 Å². The highest BCUT2D eigenvalue weighted by molar-refractivity contribution is 5.95. The van der Waals surface area contributed by atoms with Gasteiger partial charge in [-0.25, -0.2) is 9.78 Å². The Kier molecular flexibility index (Phi) is 7.49. The van der Waals surface area contributed by atoms with E-state index in [0.29, 0.717) is 40.1 Å². The summed E-state index contributed by atoms with van der Waals surface area (Å²) in [5.74, 6) is 5.77. The second-order valence-electron chi connectivity index (χ2n) is 9.34. The highest BCUT2D eigenvalue weighted by atomic mass is 16.5. The van der Waals surface area contributed by atoms with Crippen LogP contribution in [0.4, 0.5) is 11.8 Å². The molecule has 5 rings (SSSR count). The van der Waals surface area contributed by atoms with Crippen LogP contribution in [-0.2, 0) is 22.5 Å². The zero-order valence-corrected chi connectivity index (χ0v) is 22.6. The van der Waals surface area contributed by atoms with Crippen molar-refractivity contribution in [3.05, 3.63) is 93.1 Å². The fourth-order valence-corrected chi connectivity index (χ4v) is 4.60. The van der Waals surface area contributed by atoms with Crippen LogP contribution in [0.5, 0.6) is 11.5 Å². The minimum atomic E-state index is -1.37. The summed E-state index contributed by atoms with van der Waals surface area (Å²) in [5.41, 5.74) is 13.5. The topological polar surface area (TPSA) is 182 Å². The maximum absolute atomic E-state index is 12.9. The fourth-order valence-electron chi connectivity index (χ4n) is 4.60. The molecule has 0 saturated heterocycles. The lowest BCUT2D eigenvalue weighted by Gasteiger charge is -2.16. The molecule has 0 amide bonds. The van der Waals surface area contributed by atoms with Crippen molar-refractivity contribution in [2.24, 2.45) is 0 Å². The number of methoxy groups -OCH3 is 2. The highest BCUT2D eigenvalue weighted by Crippen LogP contribution is 2.33. The van der Waals surface area contributed by atoms with Crippen LogP contribution in [0, 0.1) is 11.8 Å². The number of anilines is 2. The lowest BCUT2D eigenvalue weighted by atomic mass is 10.0. The summed E-state index contributed by atoms with van der Waals surface area (Å²) in [6.45, 7) is 0.00478. The predicted octanol–water partition coefficient (Wildman–Crippen LogP) is 2.14. The van der Waals surface area contributed by atoms with Crippen LogP contribution >= 0.6 is 0 Å². The highest BCUT2D eigenvalue weighted by Gasteiger charge is 2.24. The molecule has 12 nitrogen and oxygen atoms in total. The van der Waals surface area contributed by atoms with Crippen LogP contribution in [0.15, 0.2) is 59.9 Å². The summed E-state index contributed by atoms with van der Waals surface area (Å²) in [6, 6.07) is 8.41. The van der Waals surface area contributed by atoms with Gasteiger partial charge in [0.15, 0.2) is 17.6 Å². The first-order valence-electron chi connectivity index (χ1n) is 12.6. The number of aromatic nitrogens is 3. The number of carboxylic acids is 1. The number of ether oxygens (including phenoxy) is 3. The number of benzene rings is 2. The van der Waals surface area contributed by atoms with E-state index in [-0.39, 0.29) is 29.5 Å². The van der Waals surface area contributed by atoms with Crippen molar-refractivity contribution in [3.8, 4) is 23.3 Å². The first-order valence-corrected chi connectivity index (χ1v) is 12.6. The third kappa shape index (κ3) is 5.44. The Labute approximate surface area is 239 Å². The van der Waals surface area contributed by atoms with E-state index >= 15 is 0 Å². The number of fused-ring (bicyclic) bond motifs is 1. The van der Waals surface area contributed by atoms with E-state index in [4.69, 9.17) is 25.7 Å². The van der Waals surface area contributed by atoms with Gasteiger partial charge in [-0.1, -0.05) is 11.8 Å². The average molecular weight is 568 g/mol. The van der Waals surface area contributed by atoms with Gasteiger partial charge < -0.3 is 35.4 Å². The van der Waals surface area contributed by atoms with Crippen LogP contribution < -0.4 is 26.4 Å². The van der Waals surface area contributed by atoms with Crippen molar-refractivity contribution in [1.82, 2.24) is 14.5 Å². The molecule has 1 aliphatic heterocycles. The SMILES string of the molecule is COc1cc(Cc2cnc(N)nc2N)cc(C#Cc2ccc3c(=O)c(C(=O)O)cn(CC4OC=CC4=O)c3c2)c1OC. The monoisotopic (exact) mass is 567 g/mol. The van der Waals surface area contributed by atoms with E-state index in [1.807, 2.05) is 6.07 Å². The van der Waals surface area contributed by atoms with Gasteiger partial charge in [0.25, 0.3) is 0 Å². The number of aromatic carboxylic acids is 1. The van der Waals surface area contributed by atoms with Crippen molar-refractivity contribution < 1.29 is 28.9 Å². The molecule has 2 aromatic heterocycles. The van der Waals surface area contributed by atoms with Gasteiger partial charge in [0.05, 0.1) is 38.1 Å². The minimum Gasteiger partial charge on any atom is -0.493 e. The maximum Gasteiger partial charge on any atom is 0.341 e. The number of nitrogens with two attached hydrogens (primary N) is 2. The number of hydrogen-bond donors (Lipinski definition) is 3. The summed E-state index contributed by atoms with van der Waals surface area (Å²) in [4.78, 5) is 44.8. The van der Waals surface area contributed by atoms with E-state index in [1.165, 1.54) is 43.4 Å². The maximum atomic E-state index is 12.9. The molecule has 0 saturated carbocycles. The molecule has 0 bridgehead atoms. The quantitative estimate of drug-likeness (QED) is 0.278. The van der Waals surface area contributed by atoms with E-state index in [2.05, 4.69) is 21.8 Å². The molecule has 1 aliphatic rings. The van der Waals surface area contributed by atoms with Gasteiger partial charge in [0, 0.05) is 41.4 Å². The van der Waals surface area contributed by atoms with Crippen LogP contribution in [0.1, 0.15) is 32.6 Å². The number of pyridine rings is 1. The fraction of sp³-hybridized carbons (Fsp3) is 0.167. The second-order valence-corrected chi connectivity index (χ2v) is 9.34. The Bertz CT molecular complexity index is 1900. The predicted molar refractivity (Wildman–Crippen MR) is 153 cm³/mol. The van der Waals surface area contributed by atoms with Gasteiger partial charge in [-0.2, -0.15) is 4.98 Å². The van der Waals surface area contributed by atoms with E-state index in [0.717, 1.165) is 5.56 Å². The molecule has 42 heavy (non-hydrogen) atoms. The van der Waals surface area contributed by atoms with Gasteiger partial charge >= 0.3 is 5.97 Å². The van der Waals surface area contributed by atoms with Crippen LogP contribution in [0.2, 0.25) is 0 Å². The molecule has 3 heterocycles. The second kappa shape index (κ2) is 11.3. The number of carboxylic acid groups (broad SMARTS) is 1. The van der Waals surface area contributed by atoms with Crippen molar-refractivity contribution >= 4 is 34.4 Å². The van der Waals surface area contributed by atoms with Crippen LogP contribution in [0.25, 0.3) is 10.9 Å². The Hall–Kier alpha value is -5.83. The van der Waals surface area contributed by atoms with E-state index in [1.54, 1.807) is 24.4 Å². The Morgan fingerprint density at radius 2 is 1.95 bits per heavy atom. The zero-order valence-electron chi connectivity index (χ0n) is 22.6. The third-order valence-corrected chi connectivity index (χ3v) is 6.66. The molecule has 4 aromatic rings. The Balaban J connectivity index is 1.57. The lowest BCUT2D eigenvalue weighted by Crippen LogP contribution is -2.26. The number of nitrogens with zero attached hydrogens (tertiary/aromatic N) is 3. The number of ketones is 1. The summed E-state index contributed by atoms with van der Waals surface area (Å²) in [6.07, 6.45) is 4.90.